The van der Waals surface area contributed by atoms with Crippen LogP contribution in [-0.2, 0) is 4.79 Å². The lowest BCUT2D eigenvalue weighted by Gasteiger charge is -2.40. The summed E-state index contributed by atoms with van der Waals surface area (Å²) in [4.78, 5) is 17.3. The Morgan fingerprint density at radius 2 is 1.92 bits per heavy atom. The number of anilines is 1. The molecular weight excluding hydrogens is 495 g/mol. The molecule has 0 unspecified atom stereocenters. The lowest BCUT2D eigenvalue weighted by molar-refractivity contribution is -0.116. The van der Waals surface area contributed by atoms with E-state index in [0.717, 1.165) is 60.7 Å². The van der Waals surface area contributed by atoms with Crippen molar-refractivity contribution in [3.8, 4) is 0 Å². The molecule has 1 aliphatic heterocycles. The highest BCUT2D eigenvalue weighted by Gasteiger charge is 2.29. The third-order valence-corrected chi connectivity index (χ3v) is 8.49. The molecule has 2 fully saturated rings. The number of fused-ring (bicyclic) bond motifs is 1. The first-order valence-electron chi connectivity index (χ1n) is 12.8. The first kappa shape index (κ1) is 25.2. The molecular formula is C28H32ClFN4OS. The van der Waals surface area contributed by atoms with Crippen molar-refractivity contribution in [2.45, 2.75) is 25.7 Å². The van der Waals surface area contributed by atoms with Gasteiger partial charge < -0.3 is 10.2 Å². The molecule has 5 rings (SSSR count). The molecule has 2 aliphatic rings. The molecule has 1 saturated carbocycles. The summed E-state index contributed by atoms with van der Waals surface area (Å²) in [6.45, 7) is 5.66. The molecule has 1 aliphatic carbocycles. The first-order valence-corrected chi connectivity index (χ1v) is 13.9. The summed E-state index contributed by atoms with van der Waals surface area (Å²) >= 11 is 7.40. The van der Waals surface area contributed by atoms with Crippen LogP contribution in [0.25, 0.3) is 16.2 Å². The number of nitrogens with one attached hydrogen (secondary N) is 1. The minimum Gasteiger partial charge on any atom is -0.353 e. The van der Waals surface area contributed by atoms with Crippen LogP contribution in [0.2, 0.25) is 5.02 Å². The van der Waals surface area contributed by atoms with Crippen LogP contribution in [0.15, 0.2) is 48.5 Å². The van der Waals surface area contributed by atoms with Crippen LogP contribution in [-0.4, -0.2) is 54.4 Å². The fourth-order valence-electron chi connectivity index (χ4n) is 5.47. The number of hydrogen-bond acceptors (Lipinski definition) is 5. The van der Waals surface area contributed by atoms with E-state index >= 15 is 0 Å². The predicted octanol–water partition coefficient (Wildman–Crippen LogP) is 5.85. The molecule has 0 bridgehead atoms. The molecule has 2 atom stereocenters. The van der Waals surface area contributed by atoms with Crippen molar-refractivity contribution in [3.63, 3.8) is 0 Å². The van der Waals surface area contributed by atoms with Gasteiger partial charge in [0.25, 0.3) is 0 Å². The Bertz CT molecular complexity index is 1220. The average Bonchev–Trinajstić information content (AvgIpc) is 3.30. The van der Waals surface area contributed by atoms with Gasteiger partial charge >= 0.3 is 0 Å². The van der Waals surface area contributed by atoms with Crippen LogP contribution in [0.5, 0.6) is 0 Å². The Morgan fingerprint density at radius 1 is 1.11 bits per heavy atom. The lowest BCUT2D eigenvalue weighted by Crippen LogP contribution is -2.49. The molecule has 36 heavy (non-hydrogen) atoms. The zero-order valence-electron chi connectivity index (χ0n) is 20.3. The quantitative estimate of drug-likeness (QED) is 0.392. The SMILES string of the molecule is O=C(C=Cc1cccc(Cl)c1)NC[C@@H]1CCCC[C@H]1CN1CCN(c2nsc3cc(F)ccc23)CC1. The van der Waals surface area contributed by atoms with E-state index in [2.05, 4.69) is 19.5 Å². The molecule has 5 nitrogen and oxygen atoms in total. The van der Waals surface area contributed by atoms with Gasteiger partial charge in [-0.1, -0.05) is 36.6 Å². The zero-order valence-corrected chi connectivity index (χ0v) is 21.9. The number of rotatable bonds is 7. The third-order valence-electron chi connectivity index (χ3n) is 7.46. The van der Waals surface area contributed by atoms with Gasteiger partial charge in [0.15, 0.2) is 0 Å². The number of amides is 1. The standard InChI is InChI=1S/C28H32ClFN4OS/c29-23-7-3-4-20(16-23)8-11-27(35)31-18-21-5-1-2-6-22(21)19-33-12-14-34(15-13-33)28-25-10-9-24(30)17-26(25)36-32-28/h3-4,7-11,16-17,21-22H,1-2,5-6,12-15,18-19H2,(H,31,35)/t21-,22-/m0/s1. The van der Waals surface area contributed by atoms with E-state index in [-0.39, 0.29) is 11.7 Å². The van der Waals surface area contributed by atoms with Crippen molar-refractivity contribution in [2.75, 3.05) is 44.2 Å². The van der Waals surface area contributed by atoms with Crippen LogP contribution in [0.3, 0.4) is 0 Å². The van der Waals surface area contributed by atoms with Gasteiger partial charge in [-0.15, -0.1) is 0 Å². The van der Waals surface area contributed by atoms with Gasteiger partial charge in [0.1, 0.15) is 11.6 Å². The molecule has 2 heterocycles. The highest BCUT2D eigenvalue weighted by atomic mass is 35.5. The topological polar surface area (TPSA) is 48.5 Å². The van der Waals surface area contributed by atoms with Gasteiger partial charge in [0.2, 0.25) is 5.91 Å². The second-order valence-electron chi connectivity index (χ2n) is 9.87. The van der Waals surface area contributed by atoms with Gasteiger partial charge in [0.05, 0.1) is 4.70 Å². The lowest BCUT2D eigenvalue weighted by atomic mass is 9.78. The van der Waals surface area contributed by atoms with Crippen LogP contribution in [0.1, 0.15) is 31.2 Å². The van der Waals surface area contributed by atoms with E-state index in [0.29, 0.717) is 16.9 Å². The normalized spacial score (nSPS) is 21.3. The van der Waals surface area contributed by atoms with E-state index in [9.17, 15) is 9.18 Å². The number of piperazine rings is 1. The summed E-state index contributed by atoms with van der Waals surface area (Å²) in [5.41, 5.74) is 0.921. The Kier molecular flexibility index (Phi) is 8.19. The molecule has 0 radical (unpaired) electrons. The summed E-state index contributed by atoms with van der Waals surface area (Å²) in [5.74, 6) is 1.84. The van der Waals surface area contributed by atoms with Gasteiger partial charge in [-0.3, -0.25) is 9.69 Å². The summed E-state index contributed by atoms with van der Waals surface area (Å²) < 4.78 is 19.1. The number of aromatic nitrogens is 1. The molecule has 190 valence electrons. The number of hydrogen-bond donors (Lipinski definition) is 1. The highest BCUT2D eigenvalue weighted by molar-refractivity contribution is 7.13. The van der Waals surface area contributed by atoms with Gasteiger partial charge in [-0.2, -0.15) is 4.37 Å². The van der Waals surface area contributed by atoms with Crippen molar-refractivity contribution < 1.29 is 9.18 Å². The Labute approximate surface area is 221 Å². The van der Waals surface area contributed by atoms with E-state index < -0.39 is 0 Å². The van der Waals surface area contributed by atoms with Crippen molar-refractivity contribution >= 4 is 51.0 Å². The minimum absolute atomic E-state index is 0.0525. The van der Waals surface area contributed by atoms with Crippen molar-refractivity contribution in [2.24, 2.45) is 11.8 Å². The molecule has 1 N–H and O–H groups in total. The molecule has 0 spiro atoms. The van der Waals surface area contributed by atoms with Crippen molar-refractivity contribution in [3.05, 3.63) is 64.9 Å². The molecule has 2 aromatic carbocycles. The average molecular weight is 527 g/mol. The molecule has 1 aromatic heterocycles. The van der Waals surface area contributed by atoms with E-state index in [1.165, 1.54) is 43.3 Å². The van der Waals surface area contributed by atoms with Crippen LogP contribution >= 0.6 is 23.1 Å². The molecule has 8 heteroatoms. The molecule has 1 saturated heterocycles. The summed E-state index contributed by atoms with van der Waals surface area (Å²) in [6.07, 6.45) is 8.30. The number of carbonyl (C=O) groups is 1. The smallest absolute Gasteiger partial charge is 0.244 e. The Morgan fingerprint density at radius 3 is 2.72 bits per heavy atom. The number of benzene rings is 2. The number of nitrogens with zero attached hydrogens (tertiary/aromatic N) is 3. The third kappa shape index (κ3) is 6.25. The highest BCUT2D eigenvalue weighted by Crippen LogP contribution is 2.33. The van der Waals surface area contributed by atoms with Gasteiger partial charge in [-0.05, 0) is 78.2 Å². The number of carbonyl (C=O) groups excluding carboxylic acids is 1. The maximum absolute atomic E-state index is 13.5. The van der Waals surface area contributed by atoms with Gasteiger partial charge in [0, 0.05) is 55.8 Å². The zero-order chi connectivity index (χ0) is 24.9. The second-order valence-corrected chi connectivity index (χ2v) is 11.1. The first-order chi connectivity index (χ1) is 17.5. The largest absolute Gasteiger partial charge is 0.353 e. The Hall–Kier alpha value is -2.48. The second kappa shape index (κ2) is 11.7. The summed E-state index contributed by atoms with van der Waals surface area (Å²) in [6, 6.07) is 12.4. The van der Waals surface area contributed by atoms with Crippen LogP contribution in [0, 0.1) is 17.7 Å². The molecule has 1 amide bonds. The van der Waals surface area contributed by atoms with Crippen LogP contribution in [0.4, 0.5) is 10.2 Å². The summed E-state index contributed by atoms with van der Waals surface area (Å²) in [5, 5.41) is 4.84. The van der Waals surface area contributed by atoms with Crippen molar-refractivity contribution in [1.29, 1.82) is 0 Å². The monoisotopic (exact) mass is 526 g/mol. The predicted molar refractivity (Wildman–Crippen MR) is 147 cm³/mol. The maximum Gasteiger partial charge on any atom is 0.244 e. The molecule has 3 aromatic rings. The fraction of sp³-hybridized carbons (Fsp3) is 0.429. The fourth-order valence-corrected chi connectivity index (χ4v) is 6.49. The van der Waals surface area contributed by atoms with Gasteiger partial charge in [-0.25, -0.2) is 4.39 Å². The van der Waals surface area contributed by atoms with E-state index in [4.69, 9.17) is 11.6 Å². The maximum atomic E-state index is 13.5. The summed E-state index contributed by atoms with van der Waals surface area (Å²) in [7, 11) is 0. The van der Waals surface area contributed by atoms with Crippen LogP contribution < -0.4 is 10.2 Å². The Balaban J connectivity index is 1.11. The van der Waals surface area contributed by atoms with Crippen molar-refractivity contribution in [1.82, 2.24) is 14.6 Å². The number of halogens is 2. The minimum atomic E-state index is -0.210. The van der Waals surface area contributed by atoms with E-state index in [1.54, 1.807) is 18.2 Å². The van der Waals surface area contributed by atoms with E-state index in [1.807, 2.05) is 30.3 Å².